The molecule has 9 heteroatoms. The molecule has 0 atom stereocenters. The fourth-order valence-electron chi connectivity index (χ4n) is 1.55. The third-order valence-corrected chi connectivity index (χ3v) is 2.87. The zero-order chi connectivity index (χ0) is 14.0. The number of pyridine rings is 1. The van der Waals surface area contributed by atoms with E-state index in [4.69, 9.17) is 0 Å². The maximum absolute atomic E-state index is 12.7. The first kappa shape index (κ1) is 14.0. The fourth-order valence-corrected chi connectivity index (χ4v) is 1.83. The number of nitrogens with zero attached hydrogens (tertiary/aromatic N) is 4. The summed E-state index contributed by atoms with van der Waals surface area (Å²) >= 11 is 1.74. The van der Waals surface area contributed by atoms with Crippen molar-refractivity contribution in [2.45, 2.75) is 12.6 Å². The quantitative estimate of drug-likeness (QED) is 0.654. The minimum absolute atomic E-state index is 0.161. The molecule has 0 aliphatic rings. The molecule has 5 nitrogen and oxygen atoms in total. The zero-order valence-corrected chi connectivity index (χ0v) is 11.9. The van der Waals surface area contributed by atoms with Gasteiger partial charge in [0.2, 0.25) is 0 Å². The molecule has 0 saturated carbocycles. The Kier molecular flexibility index (Phi) is 3.92. The number of aryl methyl sites for hydroxylation is 1. The van der Waals surface area contributed by atoms with Crippen LogP contribution >= 0.6 is 22.9 Å². The highest BCUT2D eigenvalue weighted by molar-refractivity contribution is 14.1. The van der Waals surface area contributed by atoms with Crippen molar-refractivity contribution < 1.29 is 13.2 Å². The summed E-state index contributed by atoms with van der Waals surface area (Å²) in [5.74, 6) is 0.161. The molecule has 2 heterocycles. The minimum Gasteiger partial charge on any atom is -0.313 e. The van der Waals surface area contributed by atoms with Crippen LogP contribution in [0.2, 0.25) is 0 Å². The Balaban J connectivity index is 2.34. The van der Waals surface area contributed by atoms with Crippen molar-refractivity contribution in [2.24, 2.45) is 7.05 Å². The van der Waals surface area contributed by atoms with Gasteiger partial charge in [-0.3, -0.25) is 4.68 Å². The van der Waals surface area contributed by atoms with Gasteiger partial charge >= 0.3 is 6.18 Å². The van der Waals surface area contributed by atoms with Gasteiger partial charge in [-0.1, -0.05) is 5.21 Å². The van der Waals surface area contributed by atoms with Gasteiger partial charge in [-0.15, -0.1) is 5.10 Å². The average Bonchev–Trinajstić information content (AvgIpc) is 2.73. The SMILES string of the molecule is Cn1cc(Cc2cc(C(F)(F)F)cc(NI)n2)nn1. The van der Waals surface area contributed by atoms with E-state index in [0.29, 0.717) is 5.69 Å². The summed E-state index contributed by atoms with van der Waals surface area (Å²) in [6, 6.07) is 1.98. The molecule has 0 amide bonds. The topological polar surface area (TPSA) is 55.6 Å². The highest BCUT2D eigenvalue weighted by Gasteiger charge is 2.31. The second kappa shape index (κ2) is 5.31. The van der Waals surface area contributed by atoms with Gasteiger partial charge in [0.1, 0.15) is 5.82 Å². The molecule has 0 aliphatic heterocycles. The van der Waals surface area contributed by atoms with Crippen LogP contribution in [0, 0.1) is 0 Å². The lowest BCUT2D eigenvalue weighted by atomic mass is 10.1. The first-order valence-electron chi connectivity index (χ1n) is 5.18. The van der Waals surface area contributed by atoms with Crippen molar-refractivity contribution in [2.75, 3.05) is 3.53 Å². The molecule has 0 fully saturated rings. The van der Waals surface area contributed by atoms with Crippen molar-refractivity contribution in [3.63, 3.8) is 0 Å². The van der Waals surface area contributed by atoms with Crippen molar-refractivity contribution in [3.8, 4) is 0 Å². The molecule has 0 bridgehead atoms. The van der Waals surface area contributed by atoms with E-state index < -0.39 is 11.7 Å². The number of rotatable bonds is 3. The third-order valence-electron chi connectivity index (χ3n) is 2.31. The molecular formula is C10H9F3IN5. The molecule has 0 saturated heterocycles. The highest BCUT2D eigenvalue weighted by atomic mass is 127. The Bertz CT molecular complexity index is 581. The Morgan fingerprint density at radius 1 is 1.32 bits per heavy atom. The molecule has 0 unspecified atom stereocenters. The van der Waals surface area contributed by atoms with Crippen LogP contribution in [-0.4, -0.2) is 20.0 Å². The van der Waals surface area contributed by atoms with Crippen molar-refractivity contribution in [1.29, 1.82) is 0 Å². The first-order chi connectivity index (χ1) is 8.88. The molecule has 0 spiro atoms. The van der Waals surface area contributed by atoms with Crippen LogP contribution in [0.4, 0.5) is 19.0 Å². The Morgan fingerprint density at radius 2 is 2.05 bits per heavy atom. The Labute approximate surface area is 120 Å². The van der Waals surface area contributed by atoms with E-state index >= 15 is 0 Å². The average molecular weight is 383 g/mol. The predicted molar refractivity (Wildman–Crippen MR) is 70.7 cm³/mol. The van der Waals surface area contributed by atoms with E-state index in [-0.39, 0.29) is 17.9 Å². The van der Waals surface area contributed by atoms with Gasteiger partial charge in [-0.05, 0) is 12.1 Å². The second-order valence-corrected chi connectivity index (χ2v) is 4.42. The van der Waals surface area contributed by atoms with Gasteiger partial charge in [0, 0.05) is 25.4 Å². The normalized spacial score (nSPS) is 11.6. The van der Waals surface area contributed by atoms with E-state index in [1.807, 2.05) is 0 Å². The zero-order valence-electron chi connectivity index (χ0n) is 9.74. The largest absolute Gasteiger partial charge is 0.416 e. The van der Waals surface area contributed by atoms with Gasteiger partial charge in [-0.2, -0.15) is 13.2 Å². The van der Waals surface area contributed by atoms with Gasteiger partial charge in [0.25, 0.3) is 0 Å². The maximum atomic E-state index is 12.7. The van der Waals surface area contributed by atoms with Crippen LogP contribution in [0.5, 0.6) is 0 Å². The van der Waals surface area contributed by atoms with Crippen molar-refractivity contribution >= 4 is 28.7 Å². The highest BCUT2D eigenvalue weighted by Crippen LogP contribution is 2.31. The van der Waals surface area contributed by atoms with Crippen LogP contribution < -0.4 is 3.53 Å². The summed E-state index contributed by atoms with van der Waals surface area (Å²) in [4.78, 5) is 4.07. The first-order valence-corrected chi connectivity index (χ1v) is 6.26. The minimum atomic E-state index is -4.40. The van der Waals surface area contributed by atoms with Gasteiger partial charge in [0.15, 0.2) is 0 Å². The number of hydrogen-bond acceptors (Lipinski definition) is 4. The van der Waals surface area contributed by atoms with E-state index in [1.54, 1.807) is 36.1 Å². The molecule has 0 aliphatic carbocycles. The molecule has 19 heavy (non-hydrogen) atoms. The molecule has 2 aromatic heterocycles. The Hall–Kier alpha value is -1.39. The summed E-state index contributed by atoms with van der Waals surface area (Å²) in [5, 5.41) is 7.55. The van der Waals surface area contributed by atoms with Crippen LogP contribution in [0.1, 0.15) is 17.0 Å². The summed E-state index contributed by atoms with van der Waals surface area (Å²) in [7, 11) is 1.69. The van der Waals surface area contributed by atoms with E-state index in [1.165, 1.54) is 4.68 Å². The summed E-state index contributed by atoms with van der Waals surface area (Å²) in [6.45, 7) is 0. The summed E-state index contributed by atoms with van der Waals surface area (Å²) < 4.78 is 42.3. The van der Waals surface area contributed by atoms with Gasteiger partial charge in [-0.25, -0.2) is 4.98 Å². The van der Waals surface area contributed by atoms with E-state index in [0.717, 1.165) is 12.1 Å². The lowest BCUT2D eigenvalue weighted by molar-refractivity contribution is -0.137. The standard InChI is InChI=1S/C10H9F3IN5/c1-19-5-8(17-18-19)4-7-2-6(10(11,12)13)3-9(15-7)16-14/h2-3,5H,4H2,1H3,(H,15,16). The van der Waals surface area contributed by atoms with Crippen LogP contribution in [-0.2, 0) is 19.6 Å². The summed E-state index contributed by atoms with van der Waals surface area (Å²) in [6.07, 6.45) is -2.57. The van der Waals surface area contributed by atoms with Crippen LogP contribution in [0.15, 0.2) is 18.3 Å². The molecule has 102 valence electrons. The fraction of sp³-hybridized carbons (Fsp3) is 0.300. The number of hydrogen-bond donors (Lipinski definition) is 1. The molecule has 0 aromatic carbocycles. The third kappa shape index (κ3) is 3.55. The molecule has 0 radical (unpaired) electrons. The lowest BCUT2D eigenvalue weighted by Crippen LogP contribution is -2.08. The summed E-state index contributed by atoms with van der Waals surface area (Å²) in [5.41, 5.74) is 0.115. The number of aromatic nitrogens is 4. The van der Waals surface area contributed by atoms with Gasteiger partial charge in [0.05, 0.1) is 34.1 Å². The number of halogens is 4. The maximum Gasteiger partial charge on any atom is 0.416 e. The van der Waals surface area contributed by atoms with E-state index in [2.05, 4.69) is 18.8 Å². The number of alkyl halides is 3. The molecule has 2 aromatic rings. The lowest BCUT2D eigenvalue weighted by Gasteiger charge is -2.10. The predicted octanol–water partition coefficient (Wildman–Crippen LogP) is 2.58. The van der Waals surface area contributed by atoms with E-state index in [9.17, 15) is 13.2 Å². The molecule has 2 rings (SSSR count). The Morgan fingerprint density at radius 3 is 2.58 bits per heavy atom. The molecule has 1 N–H and O–H groups in total. The van der Waals surface area contributed by atoms with Crippen molar-refractivity contribution in [1.82, 2.24) is 20.0 Å². The van der Waals surface area contributed by atoms with Gasteiger partial charge < -0.3 is 3.53 Å². The number of anilines is 1. The van der Waals surface area contributed by atoms with Crippen molar-refractivity contribution in [3.05, 3.63) is 35.3 Å². The number of nitrogens with one attached hydrogen (secondary N) is 1. The smallest absolute Gasteiger partial charge is 0.313 e. The van der Waals surface area contributed by atoms with Crippen LogP contribution in [0.25, 0.3) is 0 Å². The van der Waals surface area contributed by atoms with Crippen LogP contribution in [0.3, 0.4) is 0 Å². The monoisotopic (exact) mass is 383 g/mol. The second-order valence-electron chi connectivity index (χ2n) is 3.88. The molecular weight excluding hydrogens is 374 g/mol.